The van der Waals surface area contributed by atoms with Gasteiger partial charge < -0.3 is 10.5 Å². The monoisotopic (exact) mass is 277 g/mol. The van der Waals surface area contributed by atoms with Crippen LogP contribution in [-0.4, -0.2) is 12.6 Å². The summed E-state index contributed by atoms with van der Waals surface area (Å²) >= 11 is 0. The first kappa shape index (κ1) is 13.3. The summed E-state index contributed by atoms with van der Waals surface area (Å²) in [5.41, 5.74) is 9.90. The number of ether oxygens (including phenoxy) is 1. The average Bonchev–Trinajstić information content (AvgIpc) is 2.85. The highest BCUT2D eigenvalue weighted by atomic mass is 16.5. The molecular weight excluding hydrogens is 262 g/mol. The number of rotatable bonds is 3. The Kier molecular flexibility index (Phi) is 3.61. The van der Waals surface area contributed by atoms with Crippen molar-refractivity contribution < 1.29 is 9.53 Å². The molecule has 2 aromatic rings. The second kappa shape index (κ2) is 5.72. The minimum absolute atomic E-state index is 0.0342. The van der Waals surface area contributed by atoms with Gasteiger partial charge in [-0.1, -0.05) is 54.5 Å². The summed E-state index contributed by atoms with van der Waals surface area (Å²) in [4.78, 5) is 11.6. The van der Waals surface area contributed by atoms with Gasteiger partial charge in [0.05, 0.1) is 0 Å². The molecule has 21 heavy (non-hydrogen) atoms. The summed E-state index contributed by atoms with van der Waals surface area (Å²) in [6, 6.07) is 18.7. The number of hydrogen-bond donors (Lipinski definition) is 1. The molecule has 0 fully saturated rings. The lowest BCUT2D eigenvalue weighted by Gasteiger charge is -2.13. The van der Waals surface area contributed by atoms with Crippen LogP contribution in [0.5, 0.6) is 0 Å². The van der Waals surface area contributed by atoms with Gasteiger partial charge in [-0.3, -0.25) is 4.79 Å². The van der Waals surface area contributed by atoms with Crippen LogP contribution >= 0.6 is 0 Å². The fourth-order valence-corrected chi connectivity index (χ4v) is 2.79. The molecule has 1 aliphatic rings. The van der Waals surface area contributed by atoms with Crippen molar-refractivity contribution >= 4 is 5.97 Å². The van der Waals surface area contributed by atoms with Gasteiger partial charge in [0.1, 0.15) is 13.0 Å². The predicted octanol–water partition coefficient (Wildman–Crippen LogP) is 2.65. The van der Waals surface area contributed by atoms with Crippen molar-refractivity contribution in [2.45, 2.75) is 12.3 Å². The molecule has 104 valence electrons. The molecule has 0 bridgehead atoms. The molecule has 0 aliphatic heterocycles. The quantitative estimate of drug-likeness (QED) is 0.533. The molecule has 2 aromatic carbocycles. The van der Waals surface area contributed by atoms with Gasteiger partial charge >= 0.3 is 5.97 Å². The van der Waals surface area contributed by atoms with E-state index in [-0.39, 0.29) is 18.3 Å². The van der Waals surface area contributed by atoms with Crippen LogP contribution in [0.4, 0.5) is 0 Å². The molecule has 3 rings (SSSR count). The molecular formula is C18H15NO2. The third-order valence-electron chi connectivity index (χ3n) is 3.71. The normalized spacial score (nSPS) is 12.0. The lowest BCUT2D eigenvalue weighted by atomic mass is 9.98. The molecule has 0 saturated heterocycles. The molecule has 3 nitrogen and oxygen atoms in total. The van der Waals surface area contributed by atoms with Crippen molar-refractivity contribution in [1.29, 1.82) is 0 Å². The smallest absolute Gasteiger partial charge is 0.318 e. The van der Waals surface area contributed by atoms with Gasteiger partial charge in [0.15, 0.2) is 0 Å². The topological polar surface area (TPSA) is 52.3 Å². The van der Waals surface area contributed by atoms with Crippen molar-refractivity contribution in [3.8, 4) is 23.1 Å². The van der Waals surface area contributed by atoms with E-state index in [0.29, 0.717) is 6.61 Å². The van der Waals surface area contributed by atoms with Crippen molar-refractivity contribution in [3.63, 3.8) is 0 Å². The highest BCUT2D eigenvalue weighted by Crippen LogP contribution is 2.44. The van der Waals surface area contributed by atoms with Crippen LogP contribution < -0.4 is 5.73 Å². The molecule has 0 unspecified atom stereocenters. The van der Waals surface area contributed by atoms with Crippen molar-refractivity contribution in [2.24, 2.45) is 5.73 Å². The first-order valence-corrected chi connectivity index (χ1v) is 6.83. The molecule has 0 amide bonds. The van der Waals surface area contributed by atoms with Gasteiger partial charge in [0.2, 0.25) is 0 Å². The van der Waals surface area contributed by atoms with Crippen molar-refractivity contribution in [2.75, 3.05) is 6.61 Å². The van der Waals surface area contributed by atoms with Crippen LogP contribution in [0.1, 0.15) is 23.5 Å². The van der Waals surface area contributed by atoms with Crippen molar-refractivity contribution in [1.82, 2.24) is 0 Å². The third-order valence-corrected chi connectivity index (χ3v) is 3.71. The zero-order valence-corrected chi connectivity index (χ0v) is 11.5. The van der Waals surface area contributed by atoms with E-state index in [9.17, 15) is 4.79 Å². The van der Waals surface area contributed by atoms with E-state index in [1.54, 1.807) is 0 Å². The van der Waals surface area contributed by atoms with Gasteiger partial charge in [0.25, 0.3) is 0 Å². The Labute approximate surface area is 123 Å². The maximum Gasteiger partial charge on any atom is 0.318 e. The Balaban J connectivity index is 1.85. The Morgan fingerprint density at radius 2 is 1.62 bits per heavy atom. The minimum Gasteiger partial charge on any atom is -0.464 e. The van der Waals surface area contributed by atoms with Crippen LogP contribution in [0, 0.1) is 12.0 Å². The zero-order valence-electron chi connectivity index (χ0n) is 11.5. The van der Waals surface area contributed by atoms with E-state index in [4.69, 9.17) is 10.5 Å². The first-order chi connectivity index (χ1) is 10.3. The fourth-order valence-electron chi connectivity index (χ4n) is 2.79. The molecule has 1 aliphatic carbocycles. The Hall–Kier alpha value is -2.73. The van der Waals surface area contributed by atoms with E-state index >= 15 is 0 Å². The van der Waals surface area contributed by atoms with E-state index in [1.807, 2.05) is 24.3 Å². The minimum atomic E-state index is -0.338. The lowest BCUT2D eigenvalue weighted by Crippen LogP contribution is -2.12. The molecule has 0 radical (unpaired) electrons. The summed E-state index contributed by atoms with van der Waals surface area (Å²) in [7, 11) is 0. The molecule has 0 saturated carbocycles. The second-order valence-corrected chi connectivity index (χ2v) is 4.91. The van der Waals surface area contributed by atoms with Crippen LogP contribution in [0.15, 0.2) is 48.5 Å². The highest BCUT2D eigenvalue weighted by Gasteiger charge is 2.28. The van der Waals surface area contributed by atoms with Crippen LogP contribution in [0.2, 0.25) is 0 Å². The average molecular weight is 277 g/mol. The molecule has 0 spiro atoms. The maximum absolute atomic E-state index is 11.6. The van der Waals surface area contributed by atoms with E-state index in [2.05, 4.69) is 36.2 Å². The van der Waals surface area contributed by atoms with Gasteiger partial charge in [-0.25, -0.2) is 0 Å². The lowest BCUT2D eigenvalue weighted by molar-refractivity contribution is -0.142. The van der Waals surface area contributed by atoms with Gasteiger partial charge in [-0.15, -0.1) is 0 Å². The maximum atomic E-state index is 11.6. The van der Waals surface area contributed by atoms with Gasteiger partial charge in [-0.2, -0.15) is 0 Å². The number of carbonyl (C=O) groups excluding carboxylic acids is 1. The van der Waals surface area contributed by atoms with Crippen molar-refractivity contribution in [3.05, 3.63) is 59.7 Å². The summed E-state index contributed by atoms with van der Waals surface area (Å²) < 4.78 is 5.34. The molecule has 2 N–H and O–H groups in total. The second-order valence-electron chi connectivity index (χ2n) is 4.91. The number of fused-ring (bicyclic) bond motifs is 3. The fraction of sp³-hybridized carbons (Fsp3) is 0.167. The summed E-state index contributed by atoms with van der Waals surface area (Å²) in [5.74, 6) is 2.27. The number of hydrogen-bond acceptors (Lipinski definition) is 3. The molecule has 3 heteroatoms. The number of carbonyl (C=O) groups is 1. The van der Waals surface area contributed by atoms with Crippen LogP contribution in [0.25, 0.3) is 11.1 Å². The van der Waals surface area contributed by atoms with Gasteiger partial charge in [0, 0.05) is 12.0 Å². The Bertz CT molecular complexity index is 695. The standard InChI is InChI=1S/C18H15NO2/c19-11-5-10-18(20)21-12-17-15-8-3-1-6-13(15)14-7-2-4-9-16(14)17/h1-4,6-9,17H,10,12,19H2. The molecule has 0 aromatic heterocycles. The summed E-state index contributed by atoms with van der Waals surface area (Å²) in [5, 5.41) is 0. The zero-order chi connectivity index (χ0) is 14.7. The highest BCUT2D eigenvalue weighted by molar-refractivity contribution is 5.79. The van der Waals surface area contributed by atoms with Gasteiger partial charge in [-0.05, 0) is 22.3 Å². The van der Waals surface area contributed by atoms with Crippen LogP contribution in [0.3, 0.4) is 0 Å². The number of benzene rings is 2. The number of nitrogens with two attached hydrogens (primary N) is 1. The summed E-state index contributed by atoms with van der Waals surface area (Å²) in [6.07, 6.45) is 0.0342. The van der Waals surface area contributed by atoms with E-state index < -0.39 is 0 Å². The SMILES string of the molecule is NC#CCC(=O)OCC1c2ccccc2-c2ccccc21. The summed E-state index contributed by atoms with van der Waals surface area (Å²) in [6.45, 7) is 0.332. The Morgan fingerprint density at radius 1 is 1.05 bits per heavy atom. The molecule has 0 atom stereocenters. The van der Waals surface area contributed by atoms with Crippen LogP contribution in [-0.2, 0) is 9.53 Å². The third kappa shape index (κ3) is 2.48. The Morgan fingerprint density at radius 3 is 2.19 bits per heavy atom. The predicted molar refractivity (Wildman–Crippen MR) is 81.3 cm³/mol. The number of esters is 1. The van der Waals surface area contributed by atoms with E-state index in [0.717, 1.165) is 0 Å². The largest absolute Gasteiger partial charge is 0.464 e. The molecule has 0 heterocycles. The first-order valence-electron chi connectivity index (χ1n) is 6.83. The van der Waals surface area contributed by atoms with E-state index in [1.165, 1.54) is 22.3 Å².